The van der Waals surface area contributed by atoms with Crippen molar-refractivity contribution in [2.24, 2.45) is 0 Å². The molecule has 0 atom stereocenters. The average Bonchev–Trinajstić information content (AvgIpc) is 3.16. The van der Waals surface area contributed by atoms with Gasteiger partial charge in [0.15, 0.2) is 0 Å². The number of carbonyl (C=O) groups excluding carboxylic acids is 1. The van der Waals surface area contributed by atoms with Crippen LogP contribution in [0, 0.1) is 0 Å². The van der Waals surface area contributed by atoms with Crippen molar-refractivity contribution >= 4 is 18.7 Å². The lowest BCUT2D eigenvalue weighted by Crippen LogP contribution is -2.41. The van der Waals surface area contributed by atoms with E-state index in [0.717, 1.165) is 11.0 Å². The van der Waals surface area contributed by atoms with Crippen LogP contribution in [-0.4, -0.2) is 46.8 Å². The molecule has 0 bridgehead atoms. The Morgan fingerprint density at radius 2 is 1.67 bits per heavy atom. The van der Waals surface area contributed by atoms with Gasteiger partial charge in [0, 0.05) is 18.5 Å². The van der Waals surface area contributed by atoms with Crippen molar-refractivity contribution in [2.45, 2.75) is 71.7 Å². The number of hydrogen-bond donors (Lipinski definition) is 1. The van der Waals surface area contributed by atoms with Crippen LogP contribution in [0.25, 0.3) is 11.5 Å². The minimum Gasteiger partial charge on any atom is -0.444 e. The highest BCUT2D eigenvalue weighted by atomic mass is 16.7. The predicted molar refractivity (Wildman–Crippen MR) is 113 cm³/mol. The maximum Gasteiger partial charge on any atom is 0.494 e. The Balaban J connectivity index is 1.57. The Hall–Kier alpha value is -2.39. The van der Waals surface area contributed by atoms with Crippen LogP contribution < -0.4 is 10.8 Å². The molecule has 0 aliphatic carbocycles. The number of aromatic nitrogens is 2. The molecule has 2 aromatic rings. The molecule has 30 heavy (non-hydrogen) atoms. The molecule has 9 heteroatoms. The van der Waals surface area contributed by atoms with Crippen molar-refractivity contribution < 1.29 is 23.3 Å². The maximum absolute atomic E-state index is 11.7. The van der Waals surface area contributed by atoms with Crippen LogP contribution in [0.1, 0.15) is 54.4 Å². The SMILES string of the molecule is CC(C)(C)OC(=O)NCCc1nnc(-c2ccc(B3OC(C)(C)C(C)(C)O3)cc2)o1. The highest BCUT2D eigenvalue weighted by Crippen LogP contribution is 2.36. The largest absolute Gasteiger partial charge is 0.494 e. The van der Waals surface area contributed by atoms with Gasteiger partial charge in [-0.3, -0.25) is 0 Å². The number of benzene rings is 1. The van der Waals surface area contributed by atoms with E-state index in [-0.39, 0.29) is 11.2 Å². The van der Waals surface area contributed by atoms with Crippen molar-refractivity contribution in [3.05, 3.63) is 30.2 Å². The zero-order valence-electron chi connectivity index (χ0n) is 18.7. The van der Waals surface area contributed by atoms with Crippen LogP contribution in [0.2, 0.25) is 0 Å². The quantitative estimate of drug-likeness (QED) is 0.750. The first-order valence-corrected chi connectivity index (χ1v) is 10.1. The van der Waals surface area contributed by atoms with E-state index in [1.807, 2.05) is 72.7 Å². The minimum atomic E-state index is -0.534. The van der Waals surface area contributed by atoms with Gasteiger partial charge in [-0.25, -0.2) is 4.79 Å². The molecule has 0 unspecified atom stereocenters. The summed E-state index contributed by atoms with van der Waals surface area (Å²) in [6, 6.07) is 7.67. The average molecular weight is 415 g/mol. The van der Waals surface area contributed by atoms with Crippen molar-refractivity contribution in [1.29, 1.82) is 0 Å². The molecule has 0 spiro atoms. The van der Waals surface area contributed by atoms with Crippen molar-refractivity contribution in [3.8, 4) is 11.5 Å². The molecule has 1 amide bonds. The van der Waals surface area contributed by atoms with Gasteiger partial charge in [-0.2, -0.15) is 0 Å². The number of rotatable bonds is 5. The maximum atomic E-state index is 11.7. The molecular weight excluding hydrogens is 385 g/mol. The Bertz CT molecular complexity index is 871. The van der Waals surface area contributed by atoms with E-state index >= 15 is 0 Å². The number of nitrogens with one attached hydrogen (secondary N) is 1. The summed E-state index contributed by atoms with van der Waals surface area (Å²) in [7, 11) is -0.416. The van der Waals surface area contributed by atoms with E-state index < -0.39 is 18.8 Å². The van der Waals surface area contributed by atoms with Gasteiger partial charge in [0.05, 0.1) is 11.2 Å². The van der Waals surface area contributed by atoms with Gasteiger partial charge in [-0.05, 0) is 66.1 Å². The summed E-state index contributed by atoms with van der Waals surface area (Å²) >= 11 is 0. The summed E-state index contributed by atoms with van der Waals surface area (Å²) in [5.41, 5.74) is 0.428. The third-order valence-electron chi connectivity index (χ3n) is 5.16. The third kappa shape index (κ3) is 5.20. The molecule has 0 radical (unpaired) electrons. The first-order valence-electron chi connectivity index (χ1n) is 10.1. The summed E-state index contributed by atoms with van der Waals surface area (Å²) in [4.78, 5) is 11.7. The van der Waals surface area contributed by atoms with Gasteiger partial charge in [0.2, 0.25) is 11.8 Å². The van der Waals surface area contributed by atoms with Crippen LogP contribution >= 0.6 is 0 Å². The predicted octanol–water partition coefficient (Wildman–Crippen LogP) is 3.10. The van der Waals surface area contributed by atoms with E-state index in [1.165, 1.54) is 0 Å². The number of ether oxygens (including phenoxy) is 1. The first-order chi connectivity index (χ1) is 13.9. The van der Waals surface area contributed by atoms with Crippen LogP contribution in [-0.2, 0) is 20.5 Å². The van der Waals surface area contributed by atoms with E-state index in [2.05, 4.69) is 15.5 Å². The molecule has 1 N–H and O–H groups in total. The second kappa shape index (κ2) is 8.04. The lowest BCUT2D eigenvalue weighted by Gasteiger charge is -2.32. The van der Waals surface area contributed by atoms with Crippen molar-refractivity contribution in [2.75, 3.05) is 6.54 Å². The van der Waals surface area contributed by atoms with E-state index in [0.29, 0.717) is 24.7 Å². The highest BCUT2D eigenvalue weighted by molar-refractivity contribution is 6.62. The third-order valence-corrected chi connectivity index (χ3v) is 5.16. The normalized spacial score (nSPS) is 17.8. The summed E-state index contributed by atoms with van der Waals surface area (Å²) in [6.07, 6.45) is -0.0568. The Morgan fingerprint density at radius 1 is 1.07 bits per heavy atom. The van der Waals surface area contributed by atoms with Gasteiger partial charge < -0.3 is 23.8 Å². The molecule has 0 saturated carbocycles. The zero-order valence-corrected chi connectivity index (χ0v) is 18.7. The molecule has 2 heterocycles. The summed E-state index contributed by atoms with van der Waals surface area (Å²) < 4.78 is 23.0. The first kappa shape index (κ1) is 22.3. The molecule has 1 fully saturated rings. The van der Waals surface area contributed by atoms with Gasteiger partial charge in [-0.1, -0.05) is 12.1 Å². The standard InChI is InChI=1S/C21H30BN3O5/c1-19(2,3)28-18(26)23-13-12-16-24-25-17(27-16)14-8-10-15(11-9-14)22-29-20(4,5)21(6,7)30-22/h8-11H,12-13H2,1-7H3,(H,23,26). The van der Waals surface area contributed by atoms with E-state index in [1.54, 1.807) is 0 Å². The fourth-order valence-corrected chi connectivity index (χ4v) is 2.82. The van der Waals surface area contributed by atoms with E-state index in [9.17, 15) is 4.79 Å². The summed E-state index contributed by atoms with van der Waals surface area (Å²) in [6.45, 7) is 13.9. The van der Waals surface area contributed by atoms with E-state index in [4.69, 9.17) is 18.5 Å². The van der Waals surface area contributed by atoms with Crippen LogP contribution in [0.4, 0.5) is 4.79 Å². The second-order valence-electron chi connectivity index (χ2n) is 9.39. The Kier molecular flexibility index (Phi) is 5.97. The topological polar surface area (TPSA) is 95.7 Å². The van der Waals surface area contributed by atoms with Crippen molar-refractivity contribution in [1.82, 2.24) is 15.5 Å². The van der Waals surface area contributed by atoms with Gasteiger partial charge in [-0.15, -0.1) is 10.2 Å². The number of carbonyl (C=O) groups is 1. The van der Waals surface area contributed by atoms with Crippen molar-refractivity contribution in [3.63, 3.8) is 0 Å². The fourth-order valence-electron chi connectivity index (χ4n) is 2.82. The molecule has 1 aromatic heterocycles. The van der Waals surface area contributed by atoms with Crippen LogP contribution in [0.15, 0.2) is 28.7 Å². The second-order valence-corrected chi connectivity index (χ2v) is 9.39. The zero-order chi connectivity index (χ0) is 22.2. The molecule has 8 nitrogen and oxygen atoms in total. The molecule has 1 saturated heterocycles. The van der Waals surface area contributed by atoms with Crippen LogP contribution in [0.3, 0.4) is 0 Å². The smallest absolute Gasteiger partial charge is 0.444 e. The molecule has 1 aliphatic rings. The number of nitrogens with zero attached hydrogens (tertiary/aromatic N) is 2. The molecule has 162 valence electrons. The molecular formula is C21H30BN3O5. The summed E-state index contributed by atoms with van der Waals surface area (Å²) in [5, 5.41) is 10.8. The lowest BCUT2D eigenvalue weighted by molar-refractivity contribution is 0.00578. The Morgan fingerprint density at radius 3 is 2.23 bits per heavy atom. The monoisotopic (exact) mass is 415 g/mol. The van der Waals surface area contributed by atoms with Gasteiger partial charge in [0.25, 0.3) is 0 Å². The molecule has 1 aliphatic heterocycles. The summed E-state index contributed by atoms with van der Waals surface area (Å²) in [5.74, 6) is 0.860. The number of hydrogen-bond acceptors (Lipinski definition) is 7. The molecule has 3 rings (SSSR count). The van der Waals surface area contributed by atoms with Gasteiger partial charge >= 0.3 is 13.2 Å². The lowest BCUT2D eigenvalue weighted by atomic mass is 9.79. The van der Waals surface area contributed by atoms with Crippen LogP contribution in [0.5, 0.6) is 0 Å². The minimum absolute atomic E-state index is 0.345. The van der Waals surface area contributed by atoms with Gasteiger partial charge in [0.1, 0.15) is 5.60 Å². The molecule has 1 aromatic carbocycles. The Labute approximate surface area is 177 Å². The fraction of sp³-hybridized carbons (Fsp3) is 0.571. The number of alkyl carbamates (subject to hydrolysis) is 1. The highest BCUT2D eigenvalue weighted by Gasteiger charge is 2.51. The number of amides is 1.